The first kappa shape index (κ1) is 15.9. The van der Waals surface area contributed by atoms with Crippen molar-refractivity contribution in [1.82, 2.24) is 4.31 Å². The summed E-state index contributed by atoms with van der Waals surface area (Å²) in [5.41, 5.74) is 0.607. The van der Waals surface area contributed by atoms with Crippen LogP contribution in [0.25, 0.3) is 0 Å². The minimum Gasteiger partial charge on any atom is -0.392 e. The van der Waals surface area contributed by atoms with Crippen LogP contribution in [-0.2, 0) is 16.6 Å². The van der Waals surface area contributed by atoms with E-state index in [0.717, 1.165) is 19.3 Å². The third-order valence-corrected chi connectivity index (χ3v) is 6.60. The molecule has 1 unspecified atom stereocenters. The molecule has 1 heterocycles. The number of aliphatic hydroxyl groups excluding tert-OH is 1. The Morgan fingerprint density at radius 1 is 1.45 bits per heavy atom. The van der Waals surface area contributed by atoms with Gasteiger partial charge in [0.1, 0.15) is 0 Å². The Kier molecular flexibility index (Phi) is 5.23. The minimum absolute atomic E-state index is 0.158. The van der Waals surface area contributed by atoms with Gasteiger partial charge in [-0.2, -0.15) is 4.31 Å². The predicted molar refractivity (Wildman–Crippen MR) is 81.8 cm³/mol. The molecule has 0 radical (unpaired) electrons. The zero-order valence-electron chi connectivity index (χ0n) is 11.5. The fraction of sp³-hybridized carbons (Fsp3) is 0.571. The Morgan fingerprint density at radius 2 is 2.20 bits per heavy atom. The van der Waals surface area contributed by atoms with Crippen LogP contribution in [0.3, 0.4) is 0 Å². The molecule has 1 aliphatic rings. The highest BCUT2D eigenvalue weighted by Crippen LogP contribution is 2.31. The van der Waals surface area contributed by atoms with Crippen LogP contribution >= 0.6 is 15.9 Å². The number of halogens is 1. The molecule has 1 N–H and O–H groups in total. The van der Waals surface area contributed by atoms with Gasteiger partial charge in [0, 0.05) is 17.6 Å². The van der Waals surface area contributed by atoms with Crippen LogP contribution in [0.1, 0.15) is 31.7 Å². The molecule has 0 spiro atoms. The second-order valence-corrected chi connectivity index (χ2v) is 7.99. The van der Waals surface area contributed by atoms with Gasteiger partial charge in [-0.25, -0.2) is 8.42 Å². The third kappa shape index (κ3) is 3.24. The van der Waals surface area contributed by atoms with Gasteiger partial charge >= 0.3 is 0 Å². The number of nitrogens with zero attached hydrogens (tertiary/aromatic N) is 1. The van der Waals surface area contributed by atoms with E-state index in [1.807, 2.05) is 0 Å². The predicted octanol–water partition coefficient (Wildman–Crippen LogP) is 2.75. The largest absolute Gasteiger partial charge is 0.392 e. The molecule has 0 amide bonds. The number of aliphatic hydroxyl groups is 1. The van der Waals surface area contributed by atoms with Crippen LogP contribution in [-0.4, -0.2) is 30.9 Å². The molecule has 1 saturated heterocycles. The van der Waals surface area contributed by atoms with Crippen LogP contribution in [0.15, 0.2) is 27.6 Å². The molecule has 0 bridgehead atoms. The second-order valence-electron chi connectivity index (χ2n) is 5.23. The van der Waals surface area contributed by atoms with Gasteiger partial charge in [-0.05, 0) is 52.4 Å². The molecular formula is C14H20BrNO3S. The van der Waals surface area contributed by atoms with E-state index >= 15 is 0 Å². The Morgan fingerprint density at radius 3 is 2.85 bits per heavy atom. The molecule has 2 rings (SSSR count). The third-order valence-electron chi connectivity index (χ3n) is 3.74. The van der Waals surface area contributed by atoms with E-state index in [4.69, 9.17) is 0 Å². The van der Waals surface area contributed by atoms with Gasteiger partial charge in [-0.1, -0.05) is 19.4 Å². The van der Waals surface area contributed by atoms with Crippen LogP contribution in [0.2, 0.25) is 0 Å². The Hall–Kier alpha value is -0.430. The number of hydrogen-bond donors (Lipinski definition) is 1. The summed E-state index contributed by atoms with van der Waals surface area (Å²) in [4.78, 5) is 0.251. The average molecular weight is 362 g/mol. The maximum Gasteiger partial charge on any atom is 0.244 e. The van der Waals surface area contributed by atoms with E-state index in [1.165, 1.54) is 0 Å². The van der Waals surface area contributed by atoms with Gasteiger partial charge in [0.05, 0.1) is 11.5 Å². The van der Waals surface area contributed by atoms with Gasteiger partial charge in [-0.3, -0.25) is 0 Å². The molecule has 1 aromatic rings. The van der Waals surface area contributed by atoms with E-state index < -0.39 is 10.0 Å². The molecule has 0 aromatic heterocycles. The highest BCUT2D eigenvalue weighted by atomic mass is 79.9. The van der Waals surface area contributed by atoms with Crippen molar-refractivity contribution in [1.29, 1.82) is 0 Å². The van der Waals surface area contributed by atoms with Crippen molar-refractivity contribution < 1.29 is 13.5 Å². The first-order valence-electron chi connectivity index (χ1n) is 6.88. The number of hydrogen-bond acceptors (Lipinski definition) is 3. The topological polar surface area (TPSA) is 57.6 Å². The maximum absolute atomic E-state index is 12.7. The minimum atomic E-state index is -3.48. The first-order valence-corrected chi connectivity index (χ1v) is 9.11. The summed E-state index contributed by atoms with van der Waals surface area (Å²) >= 11 is 3.30. The standard InChI is InChI=1S/C14H20BrNO3S/c1-2-3-11-6-7-16(9-11)20(18,19)14-8-12(10-17)4-5-13(14)15/h4-5,8,11,17H,2-3,6-7,9-10H2,1H3. The fourth-order valence-corrected chi connectivity index (χ4v) is 5.15. The van der Waals surface area contributed by atoms with E-state index in [2.05, 4.69) is 22.9 Å². The van der Waals surface area contributed by atoms with Gasteiger partial charge in [-0.15, -0.1) is 0 Å². The summed E-state index contributed by atoms with van der Waals surface area (Å²) in [6.07, 6.45) is 3.09. The van der Waals surface area contributed by atoms with Gasteiger partial charge < -0.3 is 5.11 Å². The maximum atomic E-state index is 12.7. The Balaban J connectivity index is 2.27. The van der Waals surface area contributed by atoms with Crippen molar-refractivity contribution in [3.8, 4) is 0 Å². The Labute approximate surface area is 129 Å². The van der Waals surface area contributed by atoms with E-state index in [0.29, 0.717) is 29.0 Å². The highest BCUT2D eigenvalue weighted by molar-refractivity contribution is 9.10. The van der Waals surface area contributed by atoms with Crippen LogP contribution in [0.5, 0.6) is 0 Å². The molecule has 1 aromatic carbocycles. The summed E-state index contributed by atoms with van der Waals surface area (Å²) in [5.74, 6) is 0.467. The van der Waals surface area contributed by atoms with Crippen LogP contribution in [0.4, 0.5) is 0 Å². The molecule has 1 aliphatic heterocycles. The van der Waals surface area contributed by atoms with Gasteiger partial charge in [0.25, 0.3) is 0 Å². The lowest BCUT2D eigenvalue weighted by atomic mass is 10.0. The highest BCUT2D eigenvalue weighted by Gasteiger charge is 2.33. The smallest absolute Gasteiger partial charge is 0.244 e. The number of rotatable bonds is 5. The summed E-state index contributed by atoms with van der Waals surface area (Å²) in [7, 11) is -3.48. The second kappa shape index (κ2) is 6.56. The van der Waals surface area contributed by atoms with E-state index in [1.54, 1.807) is 22.5 Å². The fourth-order valence-electron chi connectivity index (χ4n) is 2.64. The number of benzene rings is 1. The van der Waals surface area contributed by atoms with Crippen LogP contribution in [0, 0.1) is 5.92 Å². The van der Waals surface area contributed by atoms with Crippen molar-refractivity contribution in [2.45, 2.75) is 37.7 Å². The summed E-state index contributed by atoms with van der Waals surface area (Å²) in [5, 5.41) is 9.17. The molecule has 1 atom stereocenters. The lowest BCUT2D eigenvalue weighted by Gasteiger charge is -2.18. The molecule has 0 saturated carbocycles. The number of sulfonamides is 1. The zero-order valence-corrected chi connectivity index (χ0v) is 14.0. The Bertz CT molecular complexity index is 574. The van der Waals surface area contributed by atoms with Crippen LogP contribution < -0.4 is 0 Å². The zero-order chi connectivity index (χ0) is 14.8. The SMILES string of the molecule is CCCC1CCN(S(=O)(=O)c2cc(CO)ccc2Br)C1. The summed E-state index contributed by atoms with van der Waals surface area (Å²) in [6.45, 7) is 3.15. The monoisotopic (exact) mass is 361 g/mol. The molecule has 112 valence electrons. The molecular weight excluding hydrogens is 342 g/mol. The van der Waals surface area contributed by atoms with Gasteiger partial charge in [0.15, 0.2) is 0 Å². The van der Waals surface area contributed by atoms with Crippen molar-refractivity contribution in [3.63, 3.8) is 0 Å². The average Bonchev–Trinajstić information content (AvgIpc) is 2.89. The molecule has 4 nitrogen and oxygen atoms in total. The van der Waals surface area contributed by atoms with Crippen molar-refractivity contribution >= 4 is 26.0 Å². The quantitative estimate of drug-likeness (QED) is 0.876. The summed E-state index contributed by atoms with van der Waals surface area (Å²) < 4.78 is 27.5. The molecule has 0 aliphatic carbocycles. The van der Waals surface area contributed by atoms with Crippen molar-refractivity contribution in [3.05, 3.63) is 28.2 Å². The normalized spacial score (nSPS) is 20.4. The first-order chi connectivity index (χ1) is 9.48. The van der Waals surface area contributed by atoms with E-state index in [9.17, 15) is 13.5 Å². The molecule has 1 fully saturated rings. The summed E-state index contributed by atoms with van der Waals surface area (Å²) in [6, 6.07) is 4.94. The van der Waals surface area contributed by atoms with Crippen molar-refractivity contribution in [2.24, 2.45) is 5.92 Å². The molecule has 20 heavy (non-hydrogen) atoms. The van der Waals surface area contributed by atoms with Crippen molar-refractivity contribution in [2.75, 3.05) is 13.1 Å². The van der Waals surface area contributed by atoms with Gasteiger partial charge in [0.2, 0.25) is 10.0 Å². The lowest BCUT2D eigenvalue weighted by molar-refractivity contribution is 0.281. The molecule has 6 heteroatoms. The van der Waals surface area contributed by atoms with E-state index in [-0.39, 0.29) is 11.5 Å². The lowest BCUT2D eigenvalue weighted by Crippen LogP contribution is -2.29.